The number of hydrogen-bond donors (Lipinski definition) is 2. The minimum atomic E-state index is -1.22. The third-order valence-corrected chi connectivity index (χ3v) is 4.50. The van der Waals surface area contributed by atoms with Crippen molar-refractivity contribution in [2.75, 3.05) is 0 Å². The second-order valence-corrected chi connectivity index (χ2v) is 6.74. The maximum Gasteiger partial charge on any atom is 0.331 e. The molecule has 0 radical (unpaired) electrons. The molecule has 1 unspecified atom stereocenters. The molecule has 0 saturated heterocycles. The Hall–Kier alpha value is -1.58. The second-order valence-electron chi connectivity index (χ2n) is 6.74. The van der Waals surface area contributed by atoms with E-state index in [1.807, 2.05) is 0 Å². The van der Waals surface area contributed by atoms with Crippen LogP contribution in [0.15, 0.2) is 24.3 Å². The molecule has 0 rings (SSSR count). The molecule has 0 bridgehead atoms. The van der Waals surface area contributed by atoms with Crippen LogP contribution in [0.4, 0.5) is 0 Å². The van der Waals surface area contributed by atoms with E-state index >= 15 is 0 Å². The summed E-state index contributed by atoms with van der Waals surface area (Å²) >= 11 is 0. The van der Waals surface area contributed by atoms with Crippen LogP contribution in [0.5, 0.6) is 0 Å². The molecule has 0 aromatic carbocycles. The SMILES string of the molecule is C=C(C(=O)O)C(CCCCCCC=CCCCCCCCC)C(=O)O. The van der Waals surface area contributed by atoms with Crippen molar-refractivity contribution in [3.63, 3.8) is 0 Å². The van der Waals surface area contributed by atoms with Gasteiger partial charge >= 0.3 is 11.9 Å². The van der Waals surface area contributed by atoms with E-state index in [9.17, 15) is 9.59 Å². The Balaban J connectivity index is 3.56. The summed E-state index contributed by atoms with van der Waals surface area (Å²) in [6.07, 6.45) is 18.9. The second kappa shape index (κ2) is 15.9. The predicted molar refractivity (Wildman–Crippen MR) is 103 cm³/mol. The minimum Gasteiger partial charge on any atom is -0.481 e. The van der Waals surface area contributed by atoms with E-state index in [4.69, 9.17) is 10.2 Å². The fourth-order valence-corrected chi connectivity index (χ4v) is 2.84. The summed E-state index contributed by atoms with van der Waals surface area (Å²) in [5, 5.41) is 17.9. The molecule has 0 spiro atoms. The van der Waals surface area contributed by atoms with E-state index in [1.54, 1.807) is 0 Å². The molecule has 4 heteroatoms. The quantitative estimate of drug-likeness (QED) is 0.192. The van der Waals surface area contributed by atoms with E-state index in [0.29, 0.717) is 6.42 Å². The Morgan fingerprint density at radius 3 is 1.80 bits per heavy atom. The van der Waals surface area contributed by atoms with Gasteiger partial charge in [-0.15, -0.1) is 0 Å². The van der Waals surface area contributed by atoms with Crippen molar-refractivity contribution in [1.82, 2.24) is 0 Å². The molecule has 25 heavy (non-hydrogen) atoms. The first kappa shape index (κ1) is 23.4. The first-order valence-electron chi connectivity index (χ1n) is 9.80. The maximum absolute atomic E-state index is 11.1. The van der Waals surface area contributed by atoms with Crippen LogP contribution >= 0.6 is 0 Å². The molecule has 0 aliphatic carbocycles. The molecule has 0 saturated carbocycles. The monoisotopic (exact) mass is 352 g/mol. The smallest absolute Gasteiger partial charge is 0.331 e. The summed E-state index contributed by atoms with van der Waals surface area (Å²) in [5.41, 5.74) is -0.217. The average Bonchev–Trinajstić information content (AvgIpc) is 2.57. The number of carbonyl (C=O) groups is 2. The molecule has 1 atom stereocenters. The lowest BCUT2D eigenvalue weighted by molar-refractivity contribution is -0.144. The van der Waals surface area contributed by atoms with E-state index in [-0.39, 0.29) is 5.57 Å². The van der Waals surface area contributed by atoms with Crippen LogP contribution in [-0.4, -0.2) is 22.2 Å². The normalized spacial score (nSPS) is 12.4. The number of carboxylic acid groups (broad SMARTS) is 2. The highest BCUT2D eigenvalue weighted by atomic mass is 16.4. The van der Waals surface area contributed by atoms with Crippen LogP contribution < -0.4 is 0 Å². The van der Waals surface area contributed by atoms with Crippen molar-refractivity contribution in [2.24, 2.45) is 5.92 Å². The average molecular weight is 353 g/mol. The van der Waals surface area contributed by atoms with Crippen LogP contribution in [-0.2, 0) is 9.59 Å². The van der Waals surface area contributed by atoms with Gasteiger partial charge in [0, 0.05) is 5.57 Å². The molecule has 0 aromatic heterocycles. The Bertz CT molecular complexity index is 412. The zero-order valence-electron chi connectivity index (χ0n) is 15.8. The molecular formula is C21H36O4. The molecule has 0 aliphatic rings. The van der Waals surface area contributed by atoms with Gasteiger partial charge in [-0.3, -0.25) is 4.79 Å². The summed E-state index contributed by atoms with van der Waals surface area (Å²) in [6.45, 7) is 5.61. The number of aliphatic carboxylic acids is 2. The van der Waals surface area contributed by atoms with Crippen LogP contribution in [0.2, 0.25) is 0 Å². The summed E-state index contributed by atoms with van der Waals surface area (Å²) in [4.78, 5) is 21.9. The van der Waals surface area contributed by atoms with Crippen molar-refractivity contribution < 1.29 is 19.8 Å². The third kappa shape index (κ3) is 13.4. The van der Waals surface area contributed by atoms with Crippen molar-refractivity contribution >= 4 is 11.9 Å². The van der Waals surface area contributed by atoms with Gasteiger partial charge in [-0.1, -0.05) is 77.0 Å². The van der Waals surface area contributed by atoms with Gasteiger partial charge in [0.05, 0.1) is 5.92 Å². The van der Waals surface area contributed by atoms with Gasteiger partial charge in [0.2, 0.25) is 0 Å². The summed E-state index contributed by atoms with van der Waals surface area (Å²) < 4.78 is 0. The molecular weight excluding hydrogens is 316 g/mol. The van der Waals surface area contributed by atoms with Gasteiger partial charge in [0.1, 0.15) is 0 Å². The molecule has 0 aliphatic heterocycles. The number of hydrogen-bond acceptors (Lipinski definition) is 2. The largest absolute Gasteiger partial charge is 0.481 e. The topological polar surface area (TPSA) is 74.6 Å². The Kier molecular flexibility index (Phi) is 14.9. The highest BCUT2D eigenvalue weighted by Crippen LogP contribution is 2.19. The highest BCUT2D eigenvalue weighted by Gasteiger charge is 2.24. The first-order chi connectivity index (χ1) is 12.0. The summed E-state index contributed by atoms with van der Waals surface area (Å²) in [5.74, 6) is -3.28. The van der Waals surface area contributed by atoms with E-state index in [1.165, 1.54) is 44.9 Å². The van der Waals surface area contributed by atoms with Gasteiger partial charge < -0.3 is 10.2 Å². The number of carboxylic acids is 2. The lowest BCUT2D eigenvalue weighted by atomic mass is 9.94. The van der Waals surface area contributed by atoms with Crippen molar-refractivity contribution in [1.29, 1.82) is 0 Å². The lowest BCUT2D eigenvalue weighted by Gasteiger charge is -2.11. The summed E-state index contributed by atoms with van der Waals surface area (Å²) in [7, 11) is 0. The van der Waals surface area contributed by atoms with Crippen molar-refractivity contribution in [2.45, 2.75) is 90.4 Å². The Labute approximate surface area is 153 Å². The molecule has 0 aromatic rings. The van der Waals surface area contributed by atoms with Gasteiger partial charge in [-0.2, -0.15) is 0 Å². The zero-order valence-corrected chi connectivity index (χ0v) is 15.8. The lowest BCUT2D eigenvalue weighted by Crippen LogP contribution is -2.20. The van der Waals surface area contributed by atoms with Crippen LogP contribution in [0, 0.1) is 5.92 Å². The van der Waals surface area contributed by atoms with Crippen molar-refractivity contribution in [3.05, 3.63) is 24.3 Å². The fourth-order valence-electron chi connectivity index (χ4n) is 2.84. The predicted octanol–water partition coefficient (Wildman–Crippen LogP) is 5.98. The summed E-state index contributed by atoms with van der Waals surface area (Å²) in [6, 6.07) is 0. The van der Waals surface area contributed by atoms with E-state index < -0.39 is 17.9 Å². The molecule has 2 N–H and O–H groups in total. The molecule has 4 nitrogen and oxygen atoms in total. The molecule has 0 heterocycles. The standard InChI is InChI=1S/C21H36O4/c1-3-4-5-6-7-8-9-10-11-12-13-14-15-16-17-19(21(24)25)18(2)20(22)23/h10-11,19H,2-9,12-17H2,1H3,(H,22,23)(H,24,25). The van der Waals surface area contributed by atoms with E-state index in [0.717, 1.165) is 32.1 Å². The van der Waals surface area contributed by atoms with Gasteiger partial charge in [-0.25, -0.2) is 4.79 Å². The van der Waals surface area contributed by atoms with Crippen LogP contribution in [0.25, 0.3) is 0 Å². The van der Waals surface area contributed by atoms with Crippen LogP contribution in [0.3, 0.4) is 0 Å². The first-order valence-corrected chi connectivity index (χ1v) is 9.80. The highest BCUT2D eigenvalue weighted by molar-refractivity contribution is 5.93. The fraction of sp³-hybridized carbons (Fsp3) is 0.714. The molecule has 0 amide bonds. The number of allylic oxidation sites excluding steroid dienone is 2. The number of unbranched alkanes of at least 4 members (excludes halogenated alkanes) is 10. The molecule has 0 fully saturated rings. The van der Waals surface area contributed by atoms with Gasteiger partial charge in [0.25, 0.3) is 0 Å². The van der Waals surface area contributed by atoms with Gasteiger partial charge in [-0.05, 0) is 32.1 Å². The van der Waals surface area contributed by atoms with Crippen molar-refractivity contribution in [3.8, 4) is 0 Å². The molecule has 144 valence electrons. The number of rotatable bonds is 17. The third-order valence-electron chi connectivity index (χ3n) is 4.50. The zero-order chi connectivity index (χ0) is 18.9. The van der Waals surface area contributed by atoms with E-state index in [2.05, 4.69) is 25.7 Å². The Morgan fingerprint density at radius 2 is 1.32 bits per heavy atom. The van der Waals surface area contributed by atoms with Crippen LogP contribution in [0.1, 0.15) is 90.4 Å². The van der Waals surface area contributed by atoms with Gasteiger partial charge in [0.15, 0.2) is 0 Å². The minimum absolute atomic E-state index is 0.217. The Morgan fingerprint density at radius 1 is 0.840 bits per heavy atom. The maximum atomic E-state index is 11.1.